The number of hydrogen-bond acceptors (Lipinski definition) is 4. The van der Waals surface area contributed by atoms with Gasteiger partial charge in [-0.05, 0) is 48.9 Å². The molecule has 2 fully saturated rings. The number of fused-ring (bicyclic) bond motifs is 1. The molecule has 7 heteroatoms. The summed E-state index contributed by atoms with van der Waals surface area (Å²) in [6, 6.07) is 7.06. The zero-order chi connectivity index (χ0) is 18.9. The second-order valence-corrected chi connectivity index (χ2v) is 9.80. The molecule has 2 atom stereocenters. The van der Waals surface area contributed by atoms with E-state index in [-0.39, 0.29) is 17.1 Å². The molecule has 0 radical (unpaired) electrons. The zero-order valence-electron chi connectivity index (χ0n) is 15.7. The standard InChI is InChI=1S/C19H28N2O4S/c1-14(2)12-21-13-16-8-10-20(11-9-18(16)26(21,23)24)19(22)15-4-6-17(25-3)7-5-15/h4-7,14,16,18H,8-13H2,1-3H3/t16-,18-/m0/s1. The molecule has 2 heterocycles. The monoisotopic (exact) mass is 380 g/mol. The van der Waals surface area contributed by atoms with E-state index in [9.17, 15) is 13.2 Å². The van der Waals surface area contributed by atoms with Gasteiger partial charge in [-0.25, -0.2) is 12.7 Å². The Morgan fingerprint density at radius 1 is 1.19 bits per heavy atom. The highest BCUT2D eigenvalue weighted by Gasteiger charge is 2.47. The number of likely N-dealkylation sites (tertiary alicyclic amines) is 1. The fourth-order valence-corrected chi connectivity index (χ4v) is 6.40. The fraction of sp³-hybridized carbons (Fsp3) is 0.632. The molecule has 0 bridgehead atoms. The van der Waals surface area contributed by atoms with Gasteiger partial charge in [0.25, 0.3) is 5.91 Å². The molecule has 6 nitrogen and oxygen atoms in total. The molecule has 0 aromatic heterocycles. The first-order valence-corrected chi connectivity index (χ1v) is 10.8. The molecule has 0 saturated carbocycles. The van der Waals surface area contributed by atoms with E-state index in [1.165, 1.54) is 0 Å². The van der Waals surface area contributed by atoms with Gasteiger partial charge in [-0.15, -0.1) is 0 Å². The Balaban J connectivity index is 1.69. The summed E-state index contributed by atoms with van der Waals surface area (Å²) >= 11 is 0. The highest BCUT2D eigenvalue weighted by molar-refractivity contribution is 7.90. The SMILES string of the molecule is COc1ccc(C(=O)N2CC[C@H]3CN(CC(C)C)S(=O)(=O)[C@H]3CC2)cc1. The predicted molar refractivity (Wildman–Crippen MR) is 101 cm³/mol. The highest BCUT2D eigenvalue weighted by Crippen LogP contribution is 2.35. The largest absolute Gasteiger partial charge is 0.497 e. The number of sulfonamides is 1. The van der Waals surface area contributed by atoms with E-state index < -0.39 is 10.0 Å². The Morgan fingerprint density at radius 3 is 2.46 bits per heavy atom. The normalized spacial score (nSPS) is 25.8. The number of nitrogens with zero attached hydrogens (tertiary/aromatic N) is 2. The maximum absolute atomic E-state index is 12.8. The van der Waals surface area contributed by atoms with Crippen molar-refractivity contribution in [2.24, 2.45) is 11.8 Å². The molecule has 1 amide bonds. The van der Waals surface area contributed by atoms with Crippen LogP contribution < -0.4 is 4.74 Å². The molecule has 2 aliphatic heterocycles. The Labute approximate surface area is 156 Å². The van der Waals surface area contributed by atoms with Gasteiger partial charge in [0.1, 0.15) is 5.75 Å². The number of rotatable bonds is 4. The summed E-state index contributed by atoms with van der Waals surface area (Å²) in [4.78, 5) is 14.6. The molecule has 2 saturated heterocycles. The van der Waals surface area contributed by atoms with E-state index in [0.717, 1.165) is 6.42 Å². The topological polar surface area (TPSA) is 66.9 Å². The Hall–Kier alpha value is -1.60. The minimum Gasteiger partial charge on any atom is -0.497 e. The summed E-state index contributed by atoms with van der Waals surface area (Å²) in [6.45, 7) is 6.36. The minimum absolute atomic E-state index is 0.0379. The first kappa shape index (κ1) is 19.2. The summed E-state index contributed by atoms with van der Waals surface area (Å²) in [6.07, 6.45) is 1.25. The van der Waals surface area contributed by atoms with Crippen LogP contribution in [0.1, 0.15) is 37.0 Å². The number of hydrogen-bond donors (Lipinski definition) is 0. The molecule has 2 aliphatic rings. The Kier molecular flexibility index (Phi) is 5.58. The van der Waals surface area contributed by atoms with E-state index in [1.807, 2.05) is 13.8 Å². The molecular formula is C19H28N2O4S. The molecule has 3 rings (SSSR count). The van der Waals surface area contributed by atoms with Crippen molar-refractivity contribution in [3.8, 4) is 5.75 Å². The van der Waals surface area contributed by atoms with Gasteiger partial charge in [0.05, 0.1) is 12.4 Å². The van der Waals surface area contributed by atoms with Crippen molar-refractivity contribution >= 4 is 15.9 Å². The molecule has 1 aromatic rings. The first-order valence-electron chi connectivity index (χ1n) is 9.25. The quantitative estimate of drug-likeness (QED) is 0.803. The van der Waals surface area contributed by atoms with Crippen LogP contribution in [0.3, 0.4) is 0 Å². The van der Waals surface area contributed by atoms with Crippen LogP contribution in [0.25, 0.3) is 0 Å². The van der Waals surface area contributed by atoms with Crippen LogP contribution in [0, 0.1) is 11.8 Å². The third kappa shape index (κ3) is 3.74. The van der Waals surface area contributed by atoms with E-state index in [4.69, 9.17) is 4.74 Å². The zero-order valence-corrected chi connectivity index (χ0v) is 16.5. The number of ether oxygens (including phenoxy) is 1. The van der Waals surface area contributed by atoms with Crippen LogP contribution in [-0.2, 0) is 10.0 Å². The molecule has 26 heavy (non-hydrogen) atoms. The first-order chi connectivity index (χ1) is 12.3. The summed E-state index contributed by atoms with van der Waals surface area (Å²) in [7, 11) is -1.66. The third-order valence-corrected chi connectivity index (χ3v) is 7.76. The van der Waals surface area contributed by atoms with Gasteiger partial charge >= 0.3 is 0 Å². The molecule has 0 unspecified atom stereocenters. The number of benzene rings is 1. The number of methoxy groups -OCH3 is 1. The van der Waals surface area contributed by atoms with Crippen molar-refractivity contribution in [3.63, 3.8) is 0 Å². The van der Waals surface area contributed by atoms with E-state index in [2.05, 4.69) is 0 Å². The van der Waals surface area contributed by atoms with Crippen molar-refractivity contribution in [3.05, 3.63) is 29.8 Å². The van der Waals surface area contributed by atoms with Crippen LogP contribution in [0.15, 0.2) is 24.3 Å². The lowest BCUT2D eigenvalue weighted by molar-refractivity contribution is 0.0759. The van der Waals surface area contributed by atoms with Crippen molar-refractivity contribution in [2.75, 3.05) is 33.3 Å². The number of amides is 1. The van der Waals surface area contributed by atoms with Gasteiger partial charge < -0.3 is 9.64 Å². The Bertz CT molecular complexity index is 745. The van der Waals surface area contributed by atoms with E-state index in [0.29, 0.717) is 49.8 Å². The van der Waals surface area contributed by atoms with Gasteiger partial charge in [0, 0.05) is 31.7 Å². The van der Waals surface area contributed by atoms with Gasteiger partial charge in [-0.1, -0.05) is 13.8 Å². The van der Waals surface area contributed by atoms with Crippen molar-refractivity contribution in [1.82, 2.24) is 9.21 Å². The average molecular weight is 381 g/mol. The smallest absolute Gasteiger partial charge is 0.253 e. The summed E-state index contributed by atoms with van der Waals surface area (Å²) < 4.78 is 32.5. The molecule has 0 spiro atoms. The van der Waals surface area contributed by atoms with Crippen molar-refractivity contribution in [1.29, 1.82) is 0 Å². The summed E-state index contributed by atoms with van der Waals surface area (Å²) in [5.74, 6) is 1.11. The van der Waals surface area contributed by atoms with Crippen molar-refractivity contribution in [2.45, 2.75) is 31.9 Å². The Morgan fingerprint density at radius 2 is 1.85 bits per heavy atom. The van der Waals surface area contributed by atoms with Crippen LogP contribution in [0.4, 0.5) is 0 Å². The summed E-state index contributed by atoms with van der Waals surface area (Å²) in [5.41, 5.74) is 0.613. The minimum atomic E-state index is -3.25. The van der Waals surface area contributed by atoms with Crippen LogP contribution in [-0.4, -0.2) is 62.1 Å². The highest BCUT2D eigenvalue weighted by atomic mass is 32.2. The van der Waals surface area contributed by atoms with Crippen LogP contribution >= 0.6 is 0 Å². The number of carbonyl (C=O) groups is 1. The summed E-state index contributed by atoms with van der Waals surface area (Å²) in [5, 5.41) is -0.352. The second kappa shape index (κ2) is 7.56. The van der Waals surface area contributed by atoms with Gasteiger partial charge in [0.15, 0.2) is 0 Å². The van der Waals surface area contributed by atoms with Gasteiger partial charge in [-0.2, -0.15) is 0 Å². The second-order valence-electron chi connectivity index (χ2n) is 7.65. The number of carbonyl (C=O) groups excluding carboxylic acids is 1. The van der Waals surface area contributed by atoms with E-state index >= 15 is 0 Å². The average Bonchev–Trinajstić information content (AvgIpc) is 2.77. The van der Waals surface area contributed by atoms with Crippen LogP contribution in [0.2, 0.25) is 0 Å². The molecule has 144 valence electrons. The van der Waals surface area contributed by atoms with E-state index in [1.54, 1.807) is 40.6 Å². The maximum Gasteiger partial charge on any atom is 0.253 e. The lowest BCUT2D eigenvalue weighted by atomic mass is 10.0. The lowest BCUT2D eigenvalue weighted by Crippen LogP contribution is -2.35. The van der Waals surface area contributed by atoms with Gasteiger partial charge in [0.2, 0.25) is 10.0 Å². The lowest BCUT2D eigenvalue weighted by Gasteiger charge is -2.23. The van der Waals surface area contributed by atoms with Crippen LogP contribution in [0.5, 0.6) is 5.75 Å². The molecule has 0 N–H and O–H groups in total. The molecule has 0 aliphatic carbocycles. The molecular weight excluding hydrogens is 352 g/mol. The predicted octanol–water partition coefficient (Wildman–Crippen LogP) is 2.22. The molecule has 1 aromatic carbocycles. The fourth-order valence-electron chi connectivity index (χ4n) is 4.00. The third-order valence-electron chi connectivity index (χ3n) is 5.35. The maximum atomic E-state index is 12.8. The van der Waals surface area contributed by atoms with Crippen molar-refractivity contribution < 1.29 is 17.9 Å². The van der Waals surface area contributed by atoms with Gasteiger partial charge in [-0.3, -0.25) is 4.79 Å².